The van der Waals surface area contributed by atoms with Gasteiger partial charge < -0.3 is 5.32 Å². The third-order valence-electron chi connectivity index (χ3n) is 4.33. The Kier molecular flexibility index (Phi) is 4.47. The lowest BCUT2D eigenvalue weighted by atomic mass is 9.89. The van der Waals surface area contributed by atoms with Crippen molar-refractivity contribution in [2.24, 2.45) is 17.8 Å². The molecule has 0 aliphatic carbocycles. The number of carbonyl (C=O) groups excluding carboxylic acids is 1. The highest BCUT2D eigenvalue weighted by Crippen LogP contribution is 2.29. The number of carbonyl (C=O) groups is 1. The summed E-state index contributed by atoms with van der Waals surface area (Å²) in [5.41, 5.74) is 0. The standard InChI is InChI=1S/C13H23BrN2O/c1-9(2)10(6-14)8-16-5-3-4-11-12(16)7-15-13(11)17/h9-12H,3-8H2,1-2H3,(H,15,17). The smallest absolute Gasteiger partial charge is 0.224 e. The number of fused-ring (bicyclic) bond motifs is 1. The number of nitrogens with zero attached hydrogens (tertiary/aromatic N) is 1. The third-order valence-corrected chi connectivity index (χ3v) is 5.16. The largest absolute Gasteiger partial charge is 0.354 e. The number of hydrogen-bond donors (Lipinski definition) is 1. The minimum Gasteiger partial charge on any atom is -0.354 e. The summed E-state index contributed by atoms with van der Waals surface area (Å²) < 4.78 is 0. The van der Waals surface area contributed by atoms with Gasteiger partial charge in [-0.15, -0.1) is 0 Å². The molecular formula is C13H23BrN2O. The molecule has 2 saturated heterocycles. The van der Waals surface area contributed by atoms with Crippen LogP contribution in [0.5, 0.6) is 0 Å². The number of halogens is 1. The molecule has 17 heavy (non-hydrogen) atoms. The van der Waals surface area contributed by atoms with Crippen LogP contribution in [0.4, 0.5) is 0 Å². The lowest BCUT2D eigenvalue weighted by Crippen LogP contribution is -2.48. The minimum absolute atomic E-state index is 0.256. The van der Waals surface area contributed by atoms with E-state index in [9.17, 15) is 4.79 Å². The first kappa shape index (κ1) is 13.3. The predicted molar refractivity (Wildman–Crippen MR) is 73.2 cm³/mol. The van der Waals surface area contributed by atoms with Crippen LogP contribution in [0, 0.1) is 17.8 Å². The summed E-state index contributed by atoms with van der Waals surface area (Å²) >= 11 is 3.62. The van der Waals surface area contributed by atoms with E-state index in [2.05, 4.69) is 40.0 Å². The molecule has 3 unspecified atom stereocenters. The van der Waals surface area contributed by atoms with Gasteiger partial charge in [0.2, 0.25) is 5.91 Å². The van der Waals surface area contributed by atoms with Crippen molar-refractivity contribution >= 4 is 21.8 Å². The second-order valence-corrected chi connectivity index (χ2v) is 6.36. The molecule has 0 aromatic carbocycles. The lowest BCUT2D eigenvalue weighted by Gasteiger charge is -2.38. The molecule has 0 aromatic rings. The van der Waals surface area contributed by atoms with E-state index in [1.165, 1.54) is 6.42 Å². The molecule has 1 N–H and O–H groups in total. The van der Waals surface area contributed by atoms with Gasteiger partial charge in [-0.25, -0.2) is 0 Å². The molecule has 0 spiro atoms. The zero-order valence-corrected chi connectivity index (χ0v) is 12.4. The molecule has 1 amide bonds. The fraction of sp³-hybridized carbons (Fsp3) is 0.923. The van der Waals surface area contributed by atoms with E-state index in [0.717, 1.165) is 31.4 Å². The van der Waals surface area contributed by atoms with E-state index in [-0.39, 0.29) is 11.8 Å². The van der Waals surface area contributed by atoms with Gasteiger partial charge in [0.1, 0.15) is 0 Å². The van der Waals surface area contributed by atoms with Crippen LogP contribution in [-0.4, -0.2) is 41.8 Å². The zero-order valence-electron chi connectivity index (χ0n) is 10.8. The Bertz CT molecular complexity index is 283. The Morgan fingerprint density at radius 2 is 2.29 bits per heavy atom. The molecule has 3 atom stereocenters. The summed E-state index contributed by atoms with van der Waals surface area (Å²) in [5, 5.41) is 4.08. The summed E-state index contributed by atoms with van der Waals surface area (Å²) in [5.74, 6) is 1.91. The van der Waals surface area contributed by atoms with Crippen molar-refractivity contribution in [1.29, 1.82) is 0 Å². The predicted octanol–water partition coefficient (Wildman–Crippen LogP) is 1.86. The van der Waals surface area contributed by atoms with Crippen molar-refractivity contribution in [3.05, 3.63) is 0 Å². The Balaban J connectivity index is 1.98. The van der Waals surface area contributed by atoms with Gasteiger partial charge in [-0.1, -0.05) is 29.8 Å². The molecule has 4 heteroatoms. The summed E-state index contributed by atoms with van der Waals surface area (Å²) in [6, 6.07) is 0.455. The van der Waals surface area contributed by atoms with Crippen LogP contribution in [-0.2, 0) is 4.79 Å². The molecule has 2 fully saturated rings. The van der Waals surface area contributed by atoms with Crippen molar-refractivity contribution in [3.63, 3.8) is 0 Å². The fourth-order valence-corrected chi connectivity index (χ4v) is 3.96. The van der Waals surface area contributed by atoms with E-state index in [0.29, 0.717) is 17.9 Å². The van der Waals surface area contributed by atoms with Crippen LogP contribution in [0.3, 0.4) is 0 Å². The first-order valence-corrected chi connectivity index (χ1v) is 7.83. The van der Waals surface area contributed by atoms with Crippen LogP contribution in [0.1, 0.15) is 26.7 Å². The average Bonchev–Trinajstić information content (AvgIpc) is 2.69. The summed E-state index contributed by atoms with van der Waals surface area (Å²) in [7, 11) is 0. The van der Waals surface area contributed by atoms with E-state index < -0.39 is 0 Å². The van der Waals surface area contributed by atoms with Crippen LogP contribution in [0.2, 0.25) is 0 Å². The Hall–Kier alpha value is -0.0900. The van der Waals surface area contributed by atoms with Crippen molar-refractivity contribution in [1.82, 2.24) is 10.2 Å². The van der Waals surface area contributed by atoms with Gasteiger partial charge in [-0.05, 0) is 31.2 Å². The van der Waals surface area contributed by atoms with Gasteiger partial charge in [0.05, 0.1) is 5.92 Å². The van der Waals surface area contributed by atoms with Crippen LogP contribution in [0.25, 0.3) is 0 Å². The van der Waals surface area contributed by atoms with Gasteiger partial charge in [0.25, 0.3) is 0 Å². The molecule has 0 saturated carbocycles. The molecule has 0 aromatic heterocycles. The van der Waals surface area contributed by atoms with Gasteiger partial charge in [-0.2, -0.15) is 0 Å². The zero-order chi connectivity index (χ0) is 12.4. The summed E-state index contributed by atoms with van der Waals surface area (Å²) in [6.45, 7) is 7.71. The van der Waals surface area contributed by atoms with Crippen molar-refractivity contribution in [2.45, 2.75) is 32.7 Å². The number of piperidine rings is 1. The van der Waals surface area contributed by atoms with Crippen LogP contribution < -0.4 is 5.32 Å². The number of hydrogen-bond acceptors (Lipinski definition) is 2. The Morgan fingerprint density at radius 3 is 2.94 bits per heavy atom. The topological polar surface area (TPSA) is 32.3 Å². The molecular weight excluding hydrogens is 280 g/mol. The average molecular weight is 303 g/mol. The van der Waals surface area contributed by atoms with Crippen LogP contribution >= 0.6 is 15.9 Å². The third kappa shape index (κ3) is 2.84. The van der Waals surface area contributed by atoms with Crippen LogP contribution in [0.15, 0.2) is 0 Å². The van der Waals surface area contributed by atoms with Gasteiger partial charge in [0.15, 0.2) is 0 Å². The number of nitrogens with one attached hydrogen (secondary N) is 1. The second-order valence-electron chi connectivity index (χ2n) is 5.71. The minimum atomic E-state index is 0.256. The number of amides is 1. The quantitative estimate of drug-likeness (QED) is 0.804. The van der Waals surface area contributed by atoms with Crippen molar-refractivity contribution in [2.75, 3.05) is 25.0 Å². The molecule has 3 nitrogen and oxygen atoms in total. The monoisotopic (exact) mass is 302 g/mol. The molecule has 0 radical (unpaired) electrons. The number of rotatable bonds is 4. The maximum absolute atomic E-state index is 11.7. The molecule has 2 rings (SSSR count). The SMILES string of the molecule is CC(C)C(CBr)CN1CCCC2C(=O)NCC21. The first-order chi connectivity index (χ1) is 8.13. The first-order valence-electron chi connectivity index (χ1n) is 6.71. The highest BCUT2D eigenvalue weighted by atomic mass is 79.9. The maximum Gasteiger partial charge on any atom is 0.224 e. The van der Waals surface area contributed by atoms with E-state index in [1.54, 1.807) is 0 Å². The lowest BCUT2D eigenvalue weighted by molar-refractivity contribution is -0.124. The molecule has 2 aliphatic heterocycles. The van der Waals surface area contributed by atoms with E-state index in [1.807, 2.05) is 0 Å². The molecule has 0 bridgehead atoms. The van der Waals surface area contributed by atoms with Gasteiger partial charge in [-0.3, -0.25) is 9.69 Å². The summed E-state index contributed by atoms with van der Waals surface area (Å²) in [6.07, 6.45) is 2.25. The summed E-state index contributed by atoms with van der Waals surface area (Å²) in [4.78, 5) is 14.2. The Labute approximate surface area is 112 Å². The number of alkyl halides is 1. The van der Waals surface area contributed by atoms with Crippen molar-refractivity contribution < 1.29 is 4.79 Å². The molecule has 2 aliphatic rings. The van der Waals surface area contributed by atoms with Gasteiger partial charge >= 0.3 is 0 Å². The maximum atomic E-state index is 11.7. The highest BCUT2D eigenvalue weighted by Gasteiger charge is 2.41. The highest BCUT2D eigenvalue weighted by molar-refractivity contribution is 9.09. The Morgan fingerprint density at radius 1 is 1.53 bits per heavy atom. The van der Waals surface area contributed by atoms with Crippen molar-refractivity contribution in [3.8, 4) is 0 Å². The molecule has 2 heterocycles. The second kappa shape index (κ2) is 5.70. The fourth-order valence-electron chi connectivity index (χ4n) is 3.01. The number of likely N-dealkylation sites (tertiary alicyclic amines) is 1. The van der Waals surface area contributed by atoms with E-state index >= 15 is 0 Å². The van der Waals surface area contributed by atoms with Gasteiger partial charge in [0, 0.05) is 24.5 Å². The normalized spacial score (nSPS) is 31.4. The van der Waals surface area contributed by atoms with E-state index in [4.69, 9.17) is 0 Å². The molecule has 98 valence electrons.